The van der Waals surface area contributed by atoms with E-state index in [1.54, 1.807) is 31.4 Å². The Balaban J connectivity index is 1.67. The highest BCUT2D eigenvalue weighted by Gasteiger charge is 2.35. The molecule has 0 bridgehead atoms. The van der Waals surface area contributed by atoms with Crippen LogP contribution < -0.4 is 20.1 Å². The first kappa shape index (κ1) is 20.0. The van der Waals surface area contributed by atoms with E-state index in [0.29, 0.717) is 30.8 Å². The van der Waals surface area contributed by atoms with Crippen molar-refractivity contribution in [2.75, 3.05) is 20.3 Å². The Bertz CT molecular complexity index is 622. The second-order valence-corrected chi connectivity index (χ2v) is 6.63. The Labute approximate surface area is 154 Å². The van der Waals surface area contributed by atoms with E-state index in [4.69, 9.17) is 9.47 Å². The van der Waals surface area contributed by atoms with Crippen LogP contribution in [0.5, 0.6) is 11.5 Å². The van der Waals surface area contributed by atoms with Crippen LogP contribution in [0.25, 0.3) is 0 Å². The number of rotatable bonds is 10. The Kier molecular flexibility index (Phi) is 7.26. The fourth-order valence-corrected chi connectivity index (χ4v) is 3.02. The monoisotopic (exact) mass is 364 g/mol. The van der Waals surface area contributed by atoms with E-state index in [-0.39, 0.29) is 30.5 Å². The van der Waals surface area contributed by atoms with Crippen molar-refractivity contribution >= 4 is 11.8 Å². The zero-order chi connectivity index (χ0) is 19.0. The first-order valence-electron chi connectivity index (χ1n) is 8.99. The molecule has 3 N–H and O–H groups in total. The highest BCUT2D eigenvalue weighted by atomic mass is 16.5. The molecule has 0 aromatic heterocycles. The summed E-state index contributed by atoms with van der Waals surface area (Å²) >= 11 is 0. The number of hydrogen-bond donors (Lipinski definition) is 3. The minimum Gasteiger partial charge on any atom is -0.497 e. The number of aliphatic hydroxyl groups is 1. The summed E-state index contributed by atoms with van der Waals surface area (Å²) < 4.78 is 10.6. The van der Waals surface area contributed by atoms with Gasteiger partial charge >= 0.3 is 0 Å². The number of carbonyl (C=O) groups excluding carboxylic acids is 2. The van der Waals surface area contributed by atoms with Gasteiger partial charge in [0, 0.05) is 31.0 Å². The lowest BCUT2D eigenvalue weighted by Gasteiger charge is -2.27. The van der Waals surface area contributed by atoms with E-state index >= 15 is 0 Å². The molecule has 0 saturated carbocycles. The molecular weight excluding hydrogens is 336 g/mol. The summed E-state index contributed by atoms with van der Waals surface area (Å²) in [5.41, 5.74) is -0.261. The van der Waals surface area contributed by atoms with Gasteiger partial charge in [-0.25, -0.2) is 0 Å². The summed E-state index contributed by atoms with van der Waals surface area (Å²) in [7, 11) is 1.57. The van der Waals surface area contributed by atoms with Crippen molar-refractivity contribution in [3.05, 3.63) is 24.3 Å². The maximum atomic E-state index is 12.0. The quantitative estimate of drug-likeness (QED) is 0.583. The van der Waals surface area contributed by atoms with Gasteiger partial charge in [-0.2, -0.15) is 0 Å². The second-order valence-electron chi connectivity index (χ2n) is 6.63. The molecule has 2 atom stereocenters. The van der Waals surface area contributed by atoms with Crippen LogP contribution in [0.3, 0.4) is 0 Å². The molecule has 1 aliphatic rings. The summed E-state index contributed by atoms with van der Waals surface area (Å²) in [4.78, 5) is 23.4. The van der Waals surface area contributed by atoms with Crippen LogP contribution in [0.2, 0.25) is 0 Å². The van der Waals surface area contributed by atoms with Crippen molar-refractivity contribution in [2.45, 2.75) is 50.7 Å². The van der Waals surface area contributed by atoms with Gasteiger partial charge in [0.25, 0.3) is 0 Å². The predicted octanol–water partition coefficient (Wildman–Crippen LogP) is 1.39. The summed E-state index contributed by atoms with van der Waals surface area (Å²) in [6.45, 7) is 2.21. The van der Waals surface area contributed by atoms with Gasteiger partial charge < -0.3 is 25.2 Å². The Morgan fingerprint density at radius 2 is 2.19 bits per heavy atom. The zero-order valence-electron chi connectivity index (χ0n) is 15.4. The van der Waals surface area contributed by atoms with Gasteiger partial charge in [-0.05, 0) is 31.4 Å². The first-order chi connectivity index (χ1) is 12.5. The smallest absolute Gasteiger partial charge is 0.220 e. The SMILES string of the molecule is CC[C@@]1(CCC(=O)NC[C@@H](O)COc2cccc(OC)c2)CCC(=O)N1. The summed E-state index contributed by atoms with van der Waals surface area (Å²) in [5, 5.41) is 15.7. The minimum atomic E-state index is -0.809. The number of carbonyl (C=O) groups is 2. The Morgan fingerprint density at radius 3 is 2.85 bits per heavy atom. The lowest BCUT2D eigenvalue weighted by Crippen LogP contribution is -2.42. The summed E-state index contributed by atoms with van der Waals surface area (Å²) in [6, 6.07) is 7.10. The molecule has 0 unspecified atom stereocenters. The van der Waals surface area contributed by atoms with Gasteiger partial charge in [-0.15, -0.1) is 0 Å². The molecule has 0 spiro atoms. The Morgan fingerprint density at radius 1 is 1.42 bits per heavy atom. The predicted molar refractivity (Wildman–Crippen MR) is 97.1 cm³/mol. The highest BCUT2D eigenvalue weighted by Crippen LogP contribution is 2.28. The molecule has 1 aliphatic heterocycles. The number of ether oxygens (including phenoxy) is 2. The average Bonchev–Trinajstić information content (AvgIpc) is 3.04. The number of nitrogens with one attached hydrogen (secondary N) is 2. The molecule has 0 aliphatic carbocycles. The van der Waals surface area contributed by atoms with Crippen molar-refractivity contribution in [3.8, 4) is 11.5 Å². The molecule has 1 saturated heterocycles. The van der Waals surface area contributed by atoms with Gasteiger partial charge in [0.15, 0.2) is 0 Å². The zero-order valence-corrected chi connectivity index (χ0v) is 15.4. The van der Waals surface area contributed by atoms with Gasteiger partial charge in [-0.1, -0.05) is 13.0 Å². The maximum absolute atomic E-state index is 12.0. The van der Waals surface area contributed by atoms with E-state index < -0.39 is 6.10 Å². The molecule has 1 heterocycles. The molecule has 144 valence electrons. The molecule has 1 aromatic rings. The van der Waals surface area contributed by atoms with Gasteiger partial charge in [0.2, 0.25) is 11.8 Å². The molecule has 26 heavy (non-hydrogen) atoms. The highest BCUT2D eigenvalue weighted by molar-refractivity contribution is 5.80. The standard InChI is InChI=1S/C19H28N2O5/c1-3-19(10-8-18(24)21-19)9-7-17(23)20-12-14(22)13-26-16-6-4-5-15(11-16)25-2/h4-6,11,14,22H,3,7-10,12-13H2,1-2H3,(H,20,23)(H,21,24)/t14-,19-/m1/s1. The minimum absolute atomic E-state index is 0.0531. The maximum Gasteiger partial charge on any atom is 0.220 e. The van der Waals surface area contributed by atoms with Crippen LogP contribution in [0.15, 0.2) is 24.3 Å². The third-order valence-corrected chi connectivity index (χ3v) is 4.76. The Hall–Kier alpha value is -2.28. The second kappa shape index (κ2) is 9.43. The first-order valence-corrected chi connectivity index (χ1v) is 8.99. The number of amides is 2. The van der Waals surface area contributed by atoms with Crippen LogP contribution in [0, 0.1) is 0 Å². The van der Waals surface area contributed by atoms with Crippen molar-refractivity contribution in [3.63, 3.8) is 0 Å². The van der Waals surface area contributed by atoms with E-state index in [1.807, 2.05) is 6.92 Å². The van der Waals surface area contributed by atoms with Crippen LogP contribution in [0.4, 0.5) is 0 Å². The molecule has 2 rings (SSSR count). The average molecular weight is 364 g/mol. The number of methoxy groups -OCH3 is 1. The van der Waals surface area contributed by atoms with Crippen LogP contribution >= 0.6 is 0 Å². The largest absolute Gasteiger partial charge is 0.497 e. The molecule has 1 aromatic carbocycles. The lowest BCUT2D eigenvalue weighted by atomic mass is 9.89. The lowest BCUT2D eigenvalue weighted by molar-refractivity contribution is -0.123. The third kappa shape index (κ3) is 5.91. The van der Waals surface area contributed by atoms with Crippen molar-refractivity contribution in [2.24, 2.45) is 0 Å². The fourth-order valence-electron chi connectivity index (χ4n) is 3.02. The number of aliphatic hydroxyl groups excluding tert-OH is 1. The molecule has 0 radical (unpaired) electrons. The summed E-state index contributed by atoms with van der Waals surface area (Å²) in [6.07, 6.45) is 2.22. The number of hydrogen-bond acceptors (Lipinski definition) is 5. The molecule has 1 fully saturated rings. The fraction of sp³-hybridized carbons (Fsp3) is 0.579. The van der Waals surface area contributed by atoms with Gasteiger partial charge in [0.05, 0.1) is 7.11 Å². The topological polar surface area (TPSA) is 96.9 Å². The van der Waals surface area contributed by atoms with Crippen molar-refractivity contribution in [1.82, 2.24) is 10.6 Å². The molecule has 7 heteroatoms. The van der Waals surface area contributed by atoms with E-state index in [9.17, 15) is 14.7 Å². The number of benzene rings is 1. The van der Waals surface area contributed by atoms with Crippen molar-refractivity contribution < 1.29 is 24.2 Å². The van der Waals surface area contributed by atoms with Crippen molar-refractivity contribution in [1.29, 1.82) is 0 Å². The van der Waals surface area contributed by atoms with Gasteiger partial charge in [-0.3, -0.25) is 9.59 Å². The summed E-state index contributed by atoms with van der Waals surface area (Å²) in [5.74, 6) is 1.18. The van der Waals surface area contributed by atoms with E-state index in [1.165, 1.54) is 0 Å². The van der Waals surface area contributed by atoms with Gasteiger partial charge in [0.1, 0.15) is 24.2 Å². The van der Waals surface area contributed by atoms with E-state index in [2.05, 4.69) is 10.6 Å². The van der Waals surface area contributed by atoms with E-state index in [0.717, 1.165) is 12.8 Å². The third-order valence-electron chi connectivity index (χ3n) is 4.76. The molecule has 7 nitrogen and oxygen atoms in total. The normalized spacial score (nSPS) is 20.3. The van der Waals surface area contributed by atoms with Crippen LogP contribution in [-0.4, -0.2) is 48.8 Å². The molecular formula is C19H28N2O5. The van der Waals surface area contributed by atoms with Crippen LogP contribution in [-0.2, 0) is 9.59 Å². The molecule has 2 amide bonds. The van der Waals surface area contributed by atoms with Crippen LogP contribution in [0.1, 0.15) is 39.0 Å².